The van der Waals surface area contributed by atoms with Crippen LogP contribution in [0, 0.1) is 0 Å². The lowest BCUT2D eigenvalue weighted by Crippen LogP contribution is -2.34. The van der Waals surface area contributed by atoms with E-state index in [1.165, 1.54) is 12.1 Å². The molecule has 1 aliphatic rings. The Morgan fingerprint density at radius 3 is 2.54 bits per heavy atom. The molecule has 2 rings (SSSR count). The number of nitrogens with zero attached hydrogens (tertiary/aromatic N) is 1. The molecular weight excluding hydrogens is 390 g/mol. The molecule has 1 heterocycles. The lowest BCUT2D eigenvalue weighted by Gasteiger charge is -2.12. The fourth-order valence-electron chi connectivity index (χ4n) is 2.26. The molecule has 0 aliphatic carbocycles. The summed E-state index contributed by atoms with van der Waals surface area (Å²) in [7, 11) is 0. The van der Waals surface area contributed by atoms with Crippen LogP contribution >= 0.6 is 11.8 Å². The van der Waals surface area contributed by atoms with Gasteiger partial charge in [-0.05, 0) is 49.4 Å². The molecule has 0 aromatic heterocycles. The number of thioether (sulfide) groups is 1. The van der Waals surface area contributed by atoms with Gasteiger partial charge in [-0.3, -0.25) is 19.3 Å². The minimum atomic E-state index is -1.12. The predicted octanol–water partition coefficient (Wildman–Crippen LogP) is 2.15. The normalized spacial score (nSPS) is 15.1. The van der Waals surface area contributed by atoms with Gasteiger partial charge in [-0.1, -0.05) is 6.07 Å². The summed E-state index contributed by atoms with van der Waals surface area (Å²) in [5, 5.41) is 8.17. The SMILES string of the molecule is CCOC(=O)CN1C(=O)S/C(=C\c2ccc(OCC(=O)O)c(OCC)c2)C1=O. The highest BCUT2D eigenvalue weighted by molar-refractivity contribution is 8.18. The van der Waals surface area contributed by atoms with Crippen molar-refractivity contribution in [2.24, 2.45) is 0 Å². The van der Waals surface area contributed by atoms with E-state index in [9.17, 15) is 19.2 Å². The van der Waals surface area contributed by atoms with E-state index in [1.807, 2.05) is 0 Å². The van der Waals surface area contributed by atoms with Gasteiger partial charge in [0.05, 0.1) is 18.1 Å². The molecule has 0 unspecified atom stereocenters. The first-order chi connectivity index (χ1) is 13.3. The molecule has 1 fully saturated rings. The highest BCUT2D eigenvalue weighted by Crippen LogP contribution is 2.34. The second kappa shape index (κ2) is 9.79. The molecule has 1 aromatic carbocycles. The maximum Gasteiger partial charge on any atom is 0.341 e. The number of carboxylic acids is 1. The smallest absolute Gasteiger partial charge is 0.341 e. The number of benzene rings is 1. The van der Waals surface area contributed by atoms with Crippen molar-refractivity contribution >= 4 is 40.9 Å². The van der Waals surface area contributed by atoms with Crippen LogP contribution in [0.25, 0.3) is 6.08 Å². The number of aliphatic carboxylic acids is 1. The molecule has 1 aliphatic heterocycles. The van der Waals surface area contributed by atoms with E-state index in [0.29, 0.717) is 29.7 Å². The number of imide groups is 1. The van der Waals surface area contributed by atoms with Crippen LogP contribution in [0.4, 0.5) is 4.79 Å². The van der Waals surface area contributed by atoms with E-state index in [1.54, 1.807) is 26.0 Å². The molecule has 2 amide bonds. The summed E-state index contributed by atoms with van der Waals surface area (Å²) in [6.07, 6.45) is 1.49. The number of carbonyl (C=O) groups is 4. The Kier molecular flexibility index (Phi) is 7.44. The Morgan fingerprint density at radius 2 is 1.89 bits per heavy atom. The van der Waals surface area contributed by atoms with Crippen molar-refractivity contribution in [3.8, 4) is 11.5 Å². The van der Waals surface area contributed by atoms with Crippen LogP contribution < -0.4 is 9.47 Å². The zero-order valence-corrected chi connectivity index (χ0v) is 16.1. The van der Waals surface area contributed by atoms with E-state index in [-0.39, 0.29) is 17.3 Å². The number of rotatable bonds is 9. The van der Waals surface area contributed by atoms with Gasteiger partial charge in [-0.15, -0.1) is 0 Å². The molecule has 0 atom stereocenters. The molecule has 28 heavy (non-hydrogen) atoms. The number of carboxylic acid groups (broad SMARTS) is 1. The molecule has 0 saturated carbocycles. The van der Waals surface area contributed by atoms with Crippen LogP contribution in [0.5, 0.6) is 11.5 Å². The van der Waals surface area contributed by atoms with E-state index < -0.39 is 36.2 Å². The van der Waals surface area contributed by atoms with Crippen molar-refractivity contribution in [1.29, 1.82) is 0 Å². The Labute approximate surface area is 165 Å². The van der Waals surface area contributed by atoms with Gasteiger partial charge in [-0.25, -0.2) is 4.79 Å². The van der Waals surface area contributed by atoms with Gasteiger partial charge in [0.15, 0.2) is 18.1 Å². The second-order valence-electron chi connectivity index (χ2n) is 5.39. The molecule has 0 bridgehead atoms. The number of carbonyl (C=O) groups excluding carboxylic acids is 3. The van der Waals surface area contributed by atoms with E-state index in [4.69, 9.17) is 19.3 Å². The first-order valence-corrected chi connectivity index (χ1v) is 9.19. The van der Waals surface area contributed by atoms with Crippen LogP contribution in [0.1, 0.15) is 19.4 Å². The minimum absolute atomic E-state index is 0.149. The summed E-state index contributed by atoms with van der Waals surface area (Å²) in [6, 6.07) is 4.68. The first kappa shape index (κ1) is 21.3. The quantitative estimate of drug-likeness (QED) is 0.483. The third-order valence-corrected chi connectivity index (χ3v) is 4.29. The van der Waals surface area contributed by atoms with Crippen LogP contribution in [0.3, 0.4) is 0 Å². The monoisotopic (exact) mass is 409 g/mol. The first-order valence-electron chi connectivity index (χ1n) is 8.38. The van der Waals surface area contributed by atoms with E-state index in [0.717, 1.165) is 4.90 Å². The Balaban J connectivity index is 2.20. The van der Waals surface area contributed by atoms with Crippen LogP contribution in [0.2, 0.25) is 0 Å². The number of hydrogen-bond donors (Lipinski definition) is 1. The molecule has 1 saturated heterocycles. The molecule has 1 aromatic rings. The molecule has 0 radical (unpaired) electrons. The number of hydrogen-bond acceptors (Lipinski definition) is 8. The Hall–Kier alpha value is -3.01. The van der Waals surface area contributed by atoms with Crippen LogP contribution in [-0.2, 0) is 19.1 Å². The van der Waals surface area contributed by atoms with Crippen molar-refractivity contribution < 1.29 is 38.5 Å². The summed E-state index contributed by atoms with van der Waals surface area (Å²) < 4.78 is 15.4. The summed E-state index contributed by atoms with van der Waals surface area (Å²) in [6.45, 7) is 2.90. The lowest BCUT2D eigenvalue weighted by molar-refractivity contribution is -0.146. The van der Waals surface area contributed by atoms with Crippen molar-refractivity contribution in [2.75, 3.05) is 26.4 Å². The average molecular weight is 409 g/mol. The molecule has 9 nitrogen and oxygen atoms in total. The standard InChI is InChI=1S/C18H19NO8S/c1-3-25-13-7-11(5-6-12(13)27-10-15(20)21)8-14-17(23)19(18(24)28-14)9-16(22)26-4-2/h5-8H,3-4,9-10H2,1-2H3,(H,20,21)/b14-8-. The maximum absolute atomic E-state index is 12.4. The van der Waals surface area contributed by atoms with E-state index in [2.05, 4.69) is 0 Å². The largest absolute Gasteiger partial charge is 0.490 e. The van der Waals surface area contributed by atoms with Crippen molar-refractivity contribution in [3.63, 3.8) is 0 Å². The Bertz CT molecular complexity index is 820. The van der Waals surface area contributed by atoms with Gasteiger partial charge in [0.2, 0.25) is 0 Å². The maximum atomic E-state index is 12.4. The third-order valence-electron chi connectivity index (χ3n) is 3.38. The van der Waals surface area contributed by atoms with Crippen LogP contribution in [0.15, 0.2) is 23.1 Å². The predicted molar refractivity (Wildman–Crippen MR) is 100 cm³/mol. The van der Waals surface area contributed by atoms with Gasteiger partial charge < -0.3 is 19.3 Å². The fourth-order valence-corrected chi connectivity index (χ4v) is 3.10. The Morgan fingerprint density at radius 1 is 1.14 bits per heavy atom. The zero-order chi connectivity index (χ0) is 20.7. The average Bonchev–Trinajstić information content (AvgIpc) is 2.89. The summed E-state index contributed by atoms with van der Waals surface area (Å²) >= 11 is 0.715. The molecule has 0 spiro atoms. The van der Waals surface area contributed by atoms with Gasteiger partial charge in [0, 0.05) is 0 Å². The van der Waals surface area contributed by atoms with Crippen molar-refractivity contribution in [3.05, 3.63) is 28.7 Å². The molecular formula is C18H19NO8S. The third kappa shape index (κ3) is 5.49. The summed E-state index contributed by atoms with van der Waals surface area (Å²) in [5.74, 6) is -1.82. The highest BCUT2D eigenvalue weighted by atomic mass is 32.2. The fraction of sp³-hybridized carbons (Fsp3) is 0.333. The number of amides is 2. The van der Waals surface area contributed by atoms with Crippen molar-refractivity contribution in [1.82, 2.24) is 4.90 Å². The van der Waals surface area contributed by atoms with Gasteiger partial charge in [0.1, 0.15) is 6.54 Å². The second-order valence-corrected chi connectivity index (χ2v) is 6.39. The van der Waals surface area contributed by atoms with Gasteiger partial charge in [0.25, 0.3) is 11.1 Å². The van der Waals surface area contributed by atoms with Gasteiger partial charge in [-0.2, -0.15) is 0 Å². The van der Waals surface area contributed by atoms with Gasteiger partial charge >= 0.3 is 11.9 Å². The number of esters is 1. The summed E-state index contributed by atoms with van der Waals surface area (Å²) in [5.41, 5.74) is 0.549. The van der Waals surface area contributed by atoms with Crippen LogP contribution in [-0.4, -0.2) is 59.5 Å². The lowest BCUT2D eigenvalue weighted by atomic mass is 10.2. The minimum Gasteiger partial charge on any atom is -0.490 e. The van der Waals surface area contributed by atoms with E-state index >= 15 is 0 Å². The zero-order valence-electron chi connectivity index (χ0n) is 15.3. The summed E-state index contributed by atoms with van der Waals surface area (Å²) in [4.78, 5) is 47.6. The topological polar surface area (TPSA) is 119 Å². The molecule has 150 valence electrons. The number of ether oxygens (including phenoxy) is 3. The molecule has 10 heteroatoms. The highest BCUT2D eigenvalue weighted by Gasteiger charge is 2.36. The molecule has 1 N–H and O–H groups in total. The van der Waals surface area contributed by atoms with Crippen molar-refractivity contribution in [2.45, 2.75) is 13.8 Å².